The van der Waals surface area contributed by atoms with Crippen molar-refractivity contribution in [3.63, 3.8) is 0 Å². The molecule has 1 atom stereocenters. The smallest absolute Gasteiger partial charge is 0.231 e. The molecule has 0 amide bonds. The minimum absolute atomic E-state index is 0.230. The van der Waals surface area contributed by atoms with E-state index in [1.165, 1.54) is 0 Å². The number of halogens is 33. The van der Waals surface area contributed by atoms with Gasteiger partial charge in [-0.2, -0.15) is 17.6 Å². The van der Waals surface area contributed by atoms with E-state index in [0.717, 1.165) is 6.92 Å². The summed E-state index contributed by atoms with van der Waals surface area (Å²) in [6.45, 7) is -0.235. The Labute approximate surface area is 445 Å². The van der Waals surface area contributed by atoms with Crippen LogP contribution in [0.4, 0.5) is 151 Å². The molecule has 0 spiro atoms. The highest BCUT2D eigenvalue weighted by molar-refractivity contribution is 7.23. The third kappa shape index (κ3) is 8.77. The highest BCUT2D eigenvalue weighted by Crippen LogP contribution is 2.40. The molecule has 0 aliphatic rings. The summed E-state index contributed by atoms with van der Waals surface area (Å²) in [6, 6.07) is -8.98. The van der Waals surface area contributed by atoms with Gasteiger partial charge in [0.15, 0.2) is 134 Å². The van der Waals surface area contributed by atoms with Crippen molar-refractivity contribution in [3.05, 3.63) is 193 Å². The second-order valence-electron chi connectivity index (χ2n) is 17.7. The zero-order chi connectivity index (χ0) is 64.0. The number of hydrogen-bond donors (Lipinski definition) is 1. The van der Waals surface area contributed by atoms with E-state index >= 15 is 87.8 Å². The van der Waals surface area contributed by atoms with Crippen LogP contribution in [0.5, 0.6) is 0 Å². The summed E-state index contributed by atoms with van der Waals surface area (Å²) in [7, 11) is 0. The first-order valence-electron chi connectivity index (χ1n) is 22.1. The lowest BCUT2D eigenvalue weighted by molar-refractivity contribution is -0.949. The van der Waals surface area contributed by atoms with E-state index < -0.39 is 288 Å². The summed E-state index contributed by atoms with van der Waals surface area (Å²) >= 11 is 0. The lowest BCUT2D eigenvalue weighted by Gasteiger charge is -2.47. The second kappa shape index (κ2) is 21.1. The summed E-state index contributed by atoms with van der Waals surface area (Å²) in [4.78, 5) is -1.89. The van der Waals surface area contributed by atoms with Gasteiger partial charge in [-0.25, -0.2) is 123 Å². The van der Waals surface area contributed by atoms with E-state index in [1.807, 2.05) is 0 Å². The van der Waals surface area contributed by atoms with Gasteiger partial charge in [0.2, 0.25) is 11.6 Å². The summed E-state index contributed by atoms with van der Waals surface area (Å²) in [5.74, 6) is -84.9. The quantitative estimate of drug-likeness (QED) is 0.0533. The minimum Gasteiger partial charge on any atom is -0.231 e. The third-order valence-corrected chi connectivity index (χ3v) is 13.4. The first-order chi connectivity index (χ1) is 39.2. The third-order valence-electron chi connectivity index (χ3n) is 13.4. The van der Waals surface area contributed by atoms with Crippen LogP contribution in [0, 0.1) is 163 Å². The van der Waals surface area contributed by atoms with Crippen LogP contribution in [0.3, 0.4) is 0 Å². The molecular formula is C50H11BF33N. The predicted molar refractivity (Wildman–Crippen MR) is 228 cm³/mol. The summed E-state index contributed by atoms with van der Waals surface area (Å²) in [6.07, 6.45) is -13.1. The monoisotopic (exact) mass is 1260 g/mol. The van der Waals surface area contributed by atoms with Gasteiger partial charge in [0.05, 0.1) is 28.1 Å². The molecular weight excluding hydrogens is 1250 g/mol. The number of benzene rings is 9. The Hall–Kier alpha value is -8.27. The van der Waals surface area contributed by atoms with Crippen LogP contribution in [-0.2, 0) is 0 Å². The summed E-state index contributed by atoms with van der Waals surface area (Å²) in [5, 5.41) is -20.5. The molecule has 85 heavy (non-hydrogen) atoms. The standard InChI is InChI=1S/C40H4BF24.C10H6F9N/c42-9-1-5-13(25(50)21(9)46)29(54)37(62)33(58)17(5)41(18-6-2-10(43)22(47)26(51)14(6)30(55)38(63)34(18)59,19-7-3-11(44)23(48)27(52)15(7)31(56)39(64)35(19)60)20-8-4-12(45)24(49)28(53)16(8)32(57)40(65)36(20)61;1-2-20(10(18,19)9(15,16)17)5-3-4(11)6(12)8(14)7(5)13/h1-4H;3H,2H2,1H3/q-1;/p+1. The Bertz CT molecular complexity index is 3920. The van der Waals surface area contributed by atoms with Gasteiger partial charge in [-0.3, -0.25) is 0 Å². The fourth-order valence-corrected chi connectivity index (χ4v) is 9.96. The van der Waals surface area contributed by atoms with Gasteiger partial charge in [0.25, 0.3) is 0 Å². The molecule has 1 unspecified atom stereocenters. The average Bonchev–Trinajstić information content (AvgIpc) is 0.683. The summed E-state index contributed by atoms with van der Waals surface area (Å²) in [5.41, 5.74) is -13.8. The van der Waals surface area contributed by atoms with Gasteiger partial charge < -0.3 is 0 Å². The topological polar surface area (TPSA) is 4.44 Å². The largest absolute Gasteiger partial charge is 0.515 e. The molecule has 35 heteroatoms. The van der Waals surface area contributed by atoms with E-state index in [0.29, 0.717) is 0 Å². The van der Waals surface area contributed by atoms with Gasteiger partial charge in [-0.15, -0.1) is 30.6 Å². The van der Waals surface area contributed by atoms with Crippen molar-refractivity contribution in [2.45, 2.75) is 19.1 Å². The molecule has 450 valence electrons. The molecule has 0 heterocycles. The molecule has 1 N–H and O–H groups in total. The van der Waals surface area contributed by atoms with Crippen LogP contribution in [0.25, 0.3) is 43.1 Å². The second-order valence-corrected chi connectivity index (χ2v) is 17.7. The lowest BCUT2D eigenvalue weighted by Crippen LogP contribution is -3.16. The van der Waals surface area contributed by atoms with Gasteiger partial charge >= 0.3 is 12.2 Å². The van der Waals surface area contributed by atoms with E-state index in [9.17, 15) is 57.1 Å². The van der Waals surface area contributed by atoms with Crippen molar-refractivity contribution in [2.24, 2.45) is 0 Å². The van der Waals surface area contributed by atoms with Gasteiger partial charge in [0, 0.05) is 6.07 Å². The van der Waals surface area contributed by atoms with Crippen molar-refractivity contribution >= 4 is 76.8 Å². The molecule has 9 aromatic carbocycles. The van der Waals surface area contributed by atoms with Crippen molar-refractivity contribution < 1.29 is 150 Å². The molecule has 0 saturated heterocycles. The van der Waals surface area contributed by atoms with Crippen molar-refractivity contribution in [1.29, 1.82) is 0 Å². The van der Waals surface area contributed by atoms with Gasteiger partial charge in [0.1, 0.15) is 29.4 Å². The highest BCUT2D eigenvalue weighted by Gasteiger charge is 2.67. The first kappa shape index (κ1) is 62.8. The Morgan fingerprint density at radius 3 is 0.694 bits per heavy atom. The van der Waals surface area contributed by atoms with Crippen molar-refractivity contribution in [2.75, 3.05) is 6.54 Å². The first-order valence-corrected chi connectivity index (χ1v) is 22.1. The molecule has 0 bridgehead atoms. The van der Waals surface area contributed by atoms with Crippen LogP contribution >= 0.6 is 0 Å². The van der Waals surface area contributed by atoms with Gasteiger partial charge in [-0.05, 0) is 52.7 Å². The van der Waals surface area contributed by atoms with Gasteiger partial charge in [-0.1, -0.05) is 0 Å². The highest BCUT2D eigenvalue weighted by atomic mass is 19.4. The van der Waals surface area contributed by atoms with Crippen LogP contribution in [0.1, 0.15) is 6.92 Å². The SMILES string of the molecule is CC[NH+](c1cc(F)c(F)c(F)c1F)C(F)(F)C(F)(F)F.Fc1cc2c([B-](c3c(F)c(F)c(F)c4c(F)c(F)c(F)cc34)(c3c(F)c(F)c(F)c4c(F)c(F)c(F)cc34)c3c(F)c(F)c(F)c4c(F)c(F)c(F)cc34)c(F)c(F)c(F)c2c(F)c1F. The predicted octanol–water partition coefficient (Wildman–Crippen LogP) is 13.9. The zero-order valence-corrected chi connectivity index (χ0v) is 39.6. The van der Waals surface area contributed by atoms with Crippen molar-refractivity contribution in [3.8, 4) is 0 Å². The fraction of sp³-hybridized carbons (Fsp3) is 0.0800. The van der Waals surface area contributed by atoms with Crippen LogP contribution in [-0.4, -0.2) is 24.9 Å². The molecule has 0 fully saturated rings. The molecule has 0 aliphatic carbocycles. The van der Waals surface area contributed by atoms with E-state index in [4.69, 9.17) is 0 Å². The molecule has 1 nitrogen and oxygen atoms in total. The molecule has 9 rings (SSSR count). The maximum atomic E-state index is 17.3. The maximum absolute atomic E-state index is 17.3. The number of hydrogen-bond acceptors (Lipinski definition) is 0. The molecule has 0 aliphatic heterocycles. The summed E-state index contributed by atoms with van der Waals surface area (Å²) < 4.78 is 494. The lowest BCUT2D eigenvalue weighted by atomic mass is 9.11. The number of quaternary nitrogens is 1. The van der Waals surface area contributed by atoms with Crippen LogP contribution in [0.15, 0.2) is 30.3 Å². The number of fused-ring (bicyclic) bond motifs is 4. The molecule has 0 aromatic heterocycles. The zero-order valence-electron chi connectivity index (χ0n) is 39.6. The Balaban J connectivity index is 0.000000399. The number of nitrogens with one attached hydrogen (secondary N) is 1. The Morgan fingerprint density at radius 1 is 0.271 bits per heavy atom. The molecule has 9 aromatic rings. The minimum atomic E-state index is -7.01. The van der Waals surface area contributed by atoms with E-state index in [1.54, 1.807) is 0 Å². The Morgan fingerprint density at radius 2 is 0.471 bits per heavy atom. The van der Waals surface area contributed by atoms with Crippen molar-refractivity contribution in [1.82, 2.24) is 0 Å². The maximum Gasteiger partial charge on any atom is 0.515 e. The number of rotatable bonds is 7. The average molecular weight is 1260 g/mol. The van der Waals surface area contributed by atoms with E-state index in [2.05, 4.69) is 0 Å². The molecule has 0 radical (unpaired) electrons. The Kier molecular flexibility index (Phi) is 15.6. The van der Waals surface area contributed by atoms with E-state index in [-0.39, 0.29) is 6.07 Å². The normalized spacial score (nSPS) is 12.8. The van der Waals surface area contributed by atoms with Crippen LogP contribution in [0.2, 0.25) is 0 Å². The van der Waals surface area contributed by atoms with Crippen LogP contribution < -0.4 is 26.8 Å². The molecule has 0 saturated carbocycles. The number of alkyl halides is 5. The fourth-order valence-electron chi connectivity index (χ4n) is 9.96.